The molecular weight excluding hydrogens is 472 g/mol. The van der Waals surface area contributed by atoms with Crippen LogP contribution in [0, 0.1) is 12.3 Å². The number of amides is 2. The van der Waals surface area contributed by atoms with Crippen LogP contribution in [0.1, 0.15) is 43.0 Å². The van der Waals surface area contributed by atoms with E-state index in [2.05, 4.69) is 19.1 Å². The first-order valence-corrected chi connectivity index (χ1v) is 12.8. The molecule has 0 atom stereocenters. The molecule has 0 aliphatic heterocycles. The Balaban J connectivity index is 2.23. The molecule has 0 unspecified atom stereocenters. The van der Waals surface area contributed by atoms with Gasteiger partial charge in [0.15, 0.2) is 11.5 Å². The molecule has 0 saturated heterocycles. The fourth-order valence-electron chi connectivity index (χ4n) is 3.53. The van der Waals surface area contributed by atoms with Gasteiger partial charge in [-0.15, -0.1) is 22.9 Å². The Kier molecular flexibility index (Phi) is 10.3. The second-order valence-electron chi connectivity index (χ2n) is 9.31. The summed E-state index contributed by atoms with van der Waals surface area (Å²) in [7, 11) is 3.21. The van der Waals surface area contributed by atoms with E-state index in [-0.39, 0.29) is 30.3 Å². The van der Waals surface area contributed by atoms with Gasteiger partial charge in [0.05, 0.1) is 26.2 Å². The maximum absolute atomic E-state index is 13.5. The lowest BCUT2D eigenvalue weighted by molar-refractivity contribution is -0.147. The zero-order valence-corrected chi connectivity index (χ0v) is 22.9. The zero-order chi connectivity index (χ0) is 25.5. The van der Waals surface area contributed by atoms with E-state index in [1.807, 2.05) is 50.8 Å². The van der Waals surface area contributed by atoms with Gasteiger partial charge in [0, 0.05) is 28.2 Å². The van der Waals surface area contributed by atoms with Gasteiger partial charge in [-0.25, -0.2) is 0 Å². The standard InChI is InChI=1S/C26H37ClN2O4S/c1-18(2)29(25(31)26(4,5)17-27)16-24(30)28(15-21-10-8-19(3)34-21)13-12-20-9-11-22(32-6)23(14-20)33-7/h8-11,14,18H,12-13,15-17H2,1-7H3. The molecule has 8 heteroatoms. The van der Waals surface area contributed by atoms with E-state index in [1.165, 1.54) is 4.88 Å². The van der Waals surface area contributed by atoms with Gasteiger partial charge in [-0.1, -0.05) is 6.07 Å². The molecule has 188 valence electrons. The number of ether oxygens (including phenoxy) is 2. The fraction of sp³-hybridized carbons (Fsp3) is 0.538. The van der Waals surface area contributed by atoms with Crippen LogP contribution in [0.5, 0.6) is 11.5 Å². The largest absolute Gasteiger partial charge is 0.493 e. The average Bonchev–Trinajstić information content (AvgIpc) is 3.23. The predicted molar refractivity (Wildman–Crippen MR) is 139 cm³/mol. The number of carbonyl (C=O) groups excluding carboxylic acids is 2. The molecule has 0 radical (unpaired) electrons. The number of hydrogen-bond acceptors (Lipinski definition) is 5. The van der Waals surface area contributed by atoms with Crippen LogP contribution in [0.25, 0.3) is 0 Å². The highest BCUT2D eigenvalue weighted by molar-refractivity contribution is 7.11. The molecule has 1 aromatic heterocycles. The normalized spacial score (nSPS) is 11.4. The van der Waals surface area contributed by atoms with Crippen LogP contribution < -0.4 is 9.47 Å². The van der Waals surface area contributed by atoms with Crippen molar-refractivity contribution >= 4 is 34.8 Å². The van der Waals surface area contributed by atoms with Gasteiger partial charge >= 0.3 is 0 Å². The molecule has 2 rings (SSSR count). The first kappa shape index (κ1) is 28.0. The Morgan fingerprint density at radius 3 is 2.29 bits per heavy atom. The molecule has 0 N–H and O–H groups in total. The summed E-state index contributed by atoms with van der Waals surface area (Å²) in [5, 5.41) is 0. The van der Waals surface area contributed by atoms with E-state index < -0.39 is 5.41 Å². The summed E-state index contributed by atoms with van der Waals surface area (Å²) in [5.74, 6) is 1.32. The number of halogens is 1. The number of aryl methyl sites for hydroxylation is 1. The molecule has 0 fully saturated rings. The summed E-state index contributed by atoms with van der Waals surface area (Å²) >= 11 is 7.73. The monoisotopic (exact) mass is 508 g/mol. The third-order valence-electron chi connectivity index (χ3n) is 5.72. The lowest BCUT2D eigenvalue weighted by Crippen LogP contribution is -2.50. The van der Waals surface area contributed by atoms with Gasteiger partial charge < -0.3 is 19.3 Å². The van der Waals surface area contributed by atoms with Crippen molar-refractivity contribution in [1.82, 2.24) is 9.80 Å². The van der Waals surface area contributed by atoms with Crippen molar-refractivity contribution in [2.24, 2.45) is 5.41 Å². The molecule has 1 aromatic carbocycles. The predicted octanol–water partition coefficient (Wildman–Crippen LogP) is 5.15. The SMILES string of the molecule is COc1ccc(CCN(Cc2ccc(C)s2)C(=O)CN(C(=O)C(C)(C)CCl)C(C)C)cc1OC. The van der Waals surface area contributed by atoms with Crippen LogP contribution in [0.2, 0.25) is 0 Å². The van der Waals surface area contributed by atoms with E-state index in [0.717, 1.165) is 10.4 Å². The third kappa shape index (κ3) is 7.37. The Morgan fingerprint density at radius 2 is 1.76 bits per heavy atom. The summed E-state index contributed by atoms with van der Waals surface area (Å²) < 4.78 is 10.7. The number of rotatable bonds is 12. The smallest absolute Gasteiger partial charge is 0.242 e. The molecule has 0 aliphatic carbocycles. The van der Waals surface area contributed by atoms with Crippen molar-refractivity contribution in [2.45, 2.75) is 53.6 Å². The molecule has 34 heavy (non-hydrogen) atoms. The number of benzene rings is 1. The van der Waals surface area contributed by atoms with Crippen molar-refractivity contribution in [2.75, 3.05) is 33.2 Å². The highest BCUT2D eigenvalue weighted by Crippen LogP contribution is 2.28. The van der Waals surface area contributed by atoms with Crippen molar-refractivity contribution in [3.05, 3.63) is 45.6 Å². The van der Waals surface area contributed by atoms with Gasteiger partial charge in [0.25, 0.3) is 0 Å². The van der Waals surface area contributed by atoms with E-state index in [0.29, 0.717) is 31.0 Å². The number of alkyl halides is 1. The van der Waals surface area contributed by atoms with E-state index in [1.54, 1.807) is 30.5 Å². The number of nitrogens with zero attached hydrogens (tertiary/aromatic N) is 2. The van der Waals surface area contributed by atoms with Gasteiger partial charge in [-0.3, -0.25) is 9.59 Å². The summed E-state index contributed by atoms with van der Waals surface area (Å²) in [6, 6.07) is 9.78. The number of carbonyl (C=O) groups is 2. The fourth-order valence-corrected chi connectivity index (χ4v) is 4.55. The summed E-state index contributed by atoms with van der Waals surface area (Å²) in [5.41, 5.74) is 0.305. The molecule has 2 aromatic rings. The van der Waals surface area contributed by atoms with Gasteiger partial charge in [0.2, 0.25) is 11.8 Å². The first-order chi connectivity index (χ1) is 16.0. The minimum Gasteiger partial charge on any atom is -0.493 e. The number of hydrogen-bond donors (Lipinski definition) is 0. The molecule has 0 bridgehead atoms. The van der Waals surface area contributed by atoms with Gasteiger partial charge in [-0.05, 0) is 70.9 Å². The Bertz CT molecular complexity index is 973. The van der Waals surface area contributed by atoms with Gasteiger partial charge in [0.1, 0.15) is 6.54 Å². The molecule has 0 saturated carbocycles. The summed E-state index contributed by atoms with van der Waals surface area (Å²) in [4.78, 5) is 32.4. The molecule has 0 spiro atoms. The van der Waals surface area contributed by atoms with Crippen LogP contribution in [-0.2, 0) is 22.6 Å². The molecule has 6 nitrogen and oxygen atoms in total. The van der Waals surface area contributed by atoms with Crippen molar-refractivity contribution < 1.29 is 19.1 Å². The second-order valence-corrected chi connectivity index (χ2v) is 11.0. The lowest BCUT2D eigenvalue weighted by atomic mass is 9.93. The average molecular weight is 509 g/mol. The summed E-state index contributed by atoms with van der Waals surface area (Å²) in [6.45, 7) is 10.6. The van der Waals surface area contributed by atoms with Crippen molar-refractivity contribution in [1.29, 1.82) is 0 Å². The Morgan fingerprint density at radius 1 is 1.09 bits per heavy atom. The minimum atomic E-state index is -0.735. The molecule has 2 amide bonds. The topological polar surface area (TPSA) is 59.1 Å². The minimum absolute atomic E-state index is 0.0209. The highest BCUT2D eigenvalue weighted by Gasteiger charge is 2.34. The third-order valence-corrected chi connectivity index (χ3v) is 7.37. The zero-order valence-electron chi connectivity index (χ0n) is 21.3. The van der Waals surface area contributed by atoms with Gasteiger partial charge in [-0.2, -0.15) is 0 Å². The van der Waals surface area contributed by atoms with Crippen LogP contribution >= 0.6 is 22.9 Å². The van der Waals surface area contributed by atoms with E-state index >= 15 is 0 Å². The maximum atomic E-state index is 13.5. The Labute approximate surface area is 212 Å². The Hall–Kier alpha value is -2.25. The second kappa shape index (κ2) is 12.5. The molecule has 0 aliphatic rings. The van der Waals surface area contributed by atoms with Crippen LogP contribution in [-0.4, -0.2) is 60.8 Å². The molecular formula is C26H37ClN2O4S. The highest BCUT2D eigenvalue weighted by atomic mass is 35.5. The maximum Gasteiger partial charge on any atom is 0.242 e. The van der Waals surface area contributed by atoms with Crippen LogP contribution in [0.3, 0.4) is 0 Å². The first-order valence-electron chi connectivity index (χ1n) is 11.4. The van der Waals surface area contributed by atoms with Crippen molar-refractivity contribution in [3.8, 4) is 11.5 Å². The summed E-state index contributed by atoms with van der Waals surface area (Å²) in [6.07, 6.45) is 0.652. The van der Waals surface area contributed by atoms with Crippen LogP contribution in [0.15, 0.2) is 30.3 Å². The van der Waals surface area contributed by atoms with Crippen molar-refractivity contribution in [3.63, 3.8) is 0 Å². The quantitative estimate of drug-likeness (QED) is 0.372. The van der Waals surface area contributed by atoms with E-state index in [9.17, 15) is 9.59 Å². The van der Waals surface area contributed by atoms with E-state index in [4.69, 9.17) is 21.1 Å². The van der Waals surface area contributed by atoms with Crippen LogP contribution in [0.4, 0.5) is 0 Å². The lowest BCUT2D eigenvalue weighted by Gasteiger charge is -2.35. The molecule has 1 heterocycles. The number of methoxy groups -OCH3 is 2. The number of thiophene rings is 1.